The molecule has 5 nitrogen and oxygen atoms in total. The predicted molar refractivity (Wildman–Crippen MR) is 113 cm³/mol. The molecule has 26 heavy (non-hydrogen) atoms. The van der Waals surface area contributed by atoms with E-state index in [1.807, 2.05) is 25.4 Å². The van der Waals surface area contributed by atoms with Gasteiger partial charge < -0.3 is 14.4 Å². The van der Waals surface area contributed by atoms with Gasteiger partial charge in [0.25, 0.3) is 0 Å². The van der Waals surface area contributed by atoms with Crippen molar-refractivity contribution >= 4 is 41.8 Å². The Hall–Kier alpha value is -1.21. The molecule has 1 aromatic carbocycles. The van der Waals surface area contributed by atoms with Gasteiger partial charge >= 0.3 is 0 Å². The zero-order valence-corrected chi connectivity index (χ0v) is 17.7. The van der Waals surface area contributed by atoms with E-state index in [1.54, 1.807) is 11.3 Å². The van der Waals surface area contributed by atoms with Gasteiger partial charge in [0, 0.05) is 44.5 Å². The van der Waals surface area contributed by atoms with E-state index in [0.29, 0.717) is 6.61 Å². The maximum atomic E-state index is 5.82. The van der Waals surface area contributed by atoms with Crippen molar-refractivity contribution in [1.82, 2.24) is 9.88 Å². The summed E-state index contributed by atoms with van der Waals surface area (Å²) in [4.78, 5) is 9.09. The van der Waals surface area contributed by atoms with Gasteiger partial charge in [0.15, 0.2) is 5.06 Å². The SMILES string of the molecule is CCOc1cccc(N2CCN(CCOc3scnc3C)CC2)c1.Cl.Cl. The molecule has 0 radical (unpaired) electrons. The molecule has 1 aliphatic heterocycles. The van der Waals surface area contributed by atoms with Crippen molar-refractivity contribution in [3.8, 4) is 10.8 Å². The molecule has 0 atom stereocenters. The number of hydrogen-bond donors (Lipinski definition) is 0. The Morgan fingerprint density at radius 1 is 1.12 bits per heavy atom. The molecule has 0 saturated carbocycles. The Labute approximate surface area is 172 Å². The van der Waals surface area contributed by atoms with E-state index in [1.165, 1.54) is 5.69 Å². The summed E-state index contributed by atoms with van der Waals surface area (Å²) < 4.78 is 11.4. The number of rotatable bonds is 7. The molecule has 0 unspecified atom stereocenters. The molecule has 8 heteroatoms. The smallest absolute Gasteiger partial charge is 0.196 e. The van der Waals surface area contributed by atoms with Crippen molar-refractivity contribution in [2.45, 2.75) is 13.8 Å². The summed E-state index contributed by atoms with van der Waals surface area (Å²) in [5, 5.41) is 0.946. The zero-order chi connectivity index (χ0) is 16.8. The average molecular weight is 420 g/mol. The Balaban J connectivity index is 0.00000169. The Kier molecular flexibility index (Phi) is 10.1. The van der Waals surface area contributed by atoms with Gasteiger partial charge in [-0.15, -0.1) is 24.8 Å². The van der Waals surface area contributed by atoms with E-state index in [2.05, 4.69) is 33.0 Å². The Bertz CT molecular complexity index is 649. The van der Waals surface area contributed by atoms with Crippen LogP contribution in [-0.4, -0.2) is 55.8 Å². The van der Waals surface area contributed by atoms with Crippen LogP contribution in [0.2, 0.25) is 0 Å². The van der Waals surface area contributed by atoms with Crippen molar-refractivity contribution in [2.75, 3.05) is 50.8 Å². The molecule has 3 rings (SSSR count). The summed E-state index contributed by atoms with van der Waals surface area (Å²) in [6.45, 7) is 10.6. The Morgan fingerprint density at radius 2 is 1.88 bits per heavy atom. The predicted octanol–water partition coefficient (Wildman–Crippen LogP) is 3.89. The standard InChI is InChI=1S/C18H25N3O2S.2ClH/c1-3-22-17-6-4-5-16(13-17)21-9-7-20(8-10-21)11-12-23-18-15(2)19-14-24-18;;/h4-6,13-14H,3,7-12H2,1-2H3;2*1H. The fraction of sp³-hybridized carbons (Fsp3) is 0.500. The fourth-order valence-corrected chi connectivity index (χ4v) is 3.54. The number of thiazole rings is 1. The van der Waals surface area contributed by atoms with E-state index in [-0.39, 0.29) is 24.8 Å². The van der Waals surface area contributed by atoms with Crippen molar-refractivity contribution < 1.29 is 9.47 Å². The quantitative estimate of drug-likeness (QED) is 0.680. The van der Waals surface area contributed by atoms with Crippen molar-refractivity contribution in [3.05, 3.63) is 35.5 Å². The van der Waals surface area contributed by atoms with Crippen LogP contribution in [0.1, 0.15) is 12.6 Å². The molecule has 0 bridgehead atoms. The fourth-order valence-electron chi connectivity index (χ4n) is 2.86. The molecule has 1 aromatic heterocycles. The first-order valence-electron chi connectivity index (χ1n) is 8.49. The highest BCUT2D eigenvalue weighted by Crippen LogP contribution is 2.23. The number of nitrogens with zero attached hydrogens (tertiary/aromatic N) is 3. The average Bonchev–Trinajstić information content (AvgIpc) is 3.01. The first-order valence-corrected chi connectivity index (χ1v) is 9.37. The van der Waals surface area contributed by atoms with Crippen molar-refractivity contribution in [2.24, 2.45) is 0 Å². The van der Waals surface area contributed by atoms with E-state index in [0.717, 1.165) is 55.8 Å². The molecule has 1 fully saturated rings. The molecule has 2 aromatic rings. The minimum absolute atomic E-state index is 0. The minimum Gasteiger partial charge on any atom is -0.494 e. The maximum Gasteiger partial charge on any atom is 0.196 e. The van der Waals surface area contributed by atoms with Gasteiger partial charge in [-0.1, -0.05) is 17.4 Å². The number of aryl methyl sites for hydroxylation is 1. The number of hydrogen-bond acceptors (Lipinski definition) is 6. The first kappa shape index (κ1) is 22.8. The summed E-state index contributed by atoms with van der Waals surface area (Å²) in [6, 6.07) is 8.38. The number of aromatic nitrogens is 1. The molecule has 1 aliphatic rings. The molecule has 0 spiro atoms. The lowest BCUT2D eigenvalue weighted by atomic mass is 10.2. The van der Waals surface area contributed by atoms with Gasteiger partial charge in [-0.3, -0.25) is 4.90 Å². The van der Waals surface area contributed by atoms with Crippen LogP contribution < -0.4 is 14.4 Å². The monoisotopic (exact) mass is 419 g/mol. The molecule has 0 amide bonds. The molecule has 146 valence electrons. The summed E-state index contributed by atoms with van der Waals surface area (Å²) in [5.41, 5.74) is 4.07. The van der Waals surface area contributed by atoms with Gasteiger partial charge in [-0.05, 0) is 26.0 Å². The molecule has 0 aliphatic carbocycles. The number of ether oxygens (including phenoxy) is 2. The van der Waals surface area contributed by atoms with Gasteiger partial charge in [0.1, 0.15) is 12.4 Å². The van der Waals surface area contributed by atoms with Crippen LogP contribution in [0.4, 0.5) is 5.69 Å². The van der Waals surface area contributed by atoms with Gasteiger partial charge in [-0.2, -0.15) is 0 Å². The summed E-state index contributed by atoms with van der Waals surface area (Å²) in [7, 11) is 0. The van der Waals surface area contributed by atoms with Gasteiger partial charge in [0.05, 0.1) is 17.8 Å². The lowest BCUT2D eigenvalue weighted by molar-refractivity contribution is 0.202. The molecule has 2 heterocycles. The van der Waals surface area contributed by atoms with Crippen LogP contribution >= 0.6 is 36.2 Å². The molecular formula is C18H27Cl2N3O2S. The highest BCUT2D eigenvalue weighted by molar-refractivity contribution is 7.11. The van der Waals surface area contributed by atoms with Gasteiger partial charge in [0.2, 0.25) is 0 Å². The van der Waals surface area contributed by atoms with E-state index >= 15 is 0 Å². The molecule has 0 N–H and O–H groups in total. The van der Waals surface area contributed by atoms with Crippen LogP contribution in [-0.2, 0) is 0 Å². The van der Waals surface area contributed by atoms with Crippen molar-refractivity contribution in [3.63, 3.8) is 0 Å². The van der Waals surface area contributed by atoms with Crippen LogP contribution in [0.3, 0.4) is 0 Å². The van der Waals surface area contributed by atoms with E-state index < -0.39 is 0 Å². The zero-order valence-electron chi connectivity index (χ0n) is 15.2. The normalized spacial score (nSPS) is 14.3. The van der Waals surface area contributed by atoms with Crippen LogP contribution in [0, 0.1) is 6.92 Å². The van der Waals surface area contributed by atoms with Crippen LogP contribution in [0.15, 0.2) is 29.8 Å². The second kappa shape index (κ2) is 11.5. The first-order chi connectivity index (χ1) is 11.8. The summed E-state index contributed by atoms with van der Waals surface area (Å²) >= 11 is 1.57. The Morgan fingerprint density at radius 3 is 2.54 bits per heavy atom. The highest BCUT2D eigenvalue weighted by atomic mass is 35.5. The van der Waals surface area contributed by atoms with E-state index in [4.69, 9.17) is 9.47 Å². The molecular weight excluding hydrogens is 393 g/mol. The van der Waals surface area contributed by atoms with Crippen LogP contribution in [0.5, 0.6) is 10.8 Å². The van der Waals surface area contributed by atoms with Gasteiger partial charge in [-0.25, -0.2) is 4.98 Å². The van der Waals surface area contributed by atoms with Crippen molar-refractivity contribution in [1.29, 1.82) is 0 Å². The summed E-state index contributed by atoms with van der Waals surface area (Å²) in [6.07, 6.45) is 0. The number of halogens is 2. The third-order valence-electron chi connectivity index (χ3n) is 4.21. The second-order valence-corrected chi connectivity index (χ2v) is 6.65. The van der Waals surface area contributed by atoms with E-state index in [9.17, 15) is 0 Å². The summed E-state index contributed by atoms with van der Waals surface area (Å²) in [5.74, 6) is 0.950. The lowest BCUT2D eigenvalue weighted by Gasteiger charge is -2.36. The van der Waals surface area contributed by atoms with Crippen LogP contribution in [0.25, 0.3) is 0 Å². The third kappa shape index (κ3) is 6.20. The topological polar surface area (TPSA) is 37.8 Å². The largest absolute Gasteiger partial charge is 0.494 e. The lowest BCUT2D eigenvalue weighted by Crippen LogP contribution is -2.47. The maximum absolute atomic E-state index is 5.82. The third-order valence-corrected chi connectivity index (χ3v) is 5.05. The number of benzene rings is 1. The number of anilines is 1. The minimum atomic E-state index is 0. The second-order valence-electron chi connectivity index (χ2n) is 5.83. The highest BCUT2D eigenvalue weighted by Gasteiger charge is 2.17. The molecule has 1 saturated heterocycles. The number of piperazine rings is 1.